The highest BCUT2D eigenvalue weighted by atomic mass is 35.5. The lowest BCUT2D eigenvalue weighted by atomic mass is 10.00. The number of carbonyl (C=O) groups excluding carboxylic acids is 2. The van der Waals surface area contributed by atoms with Crippen molar-refractivity contribution in [3.8, 4) is 5.75 Å². The molecule has 3 aromatic rings. The fourth-order valence-corrected chi connectivity index (χ4v) is 5.25. The Morgan fingerprint density at radius 1 is 1.21 bits per heavy atom. The zero-order valence-corrected chi connectivity index (χ0v) is 20.6. The van der Waals surface area contributed by atoms with Gasteiger partial charge < -0.3 is 14.5 Å². The maximum Gasteiger partial charge on any atom is 0.254 e. The van der Waals surface area contributed by atoms with Gasteiger partial charge in [0.15, 0.2) is 0 Å². The summed E-state index contributed by atoms with van der Waals surface area (Å²) in [7, 11) is 0. The van der Waals surface area contributed by atoms with Gasteiger partial charge in [0.1, 0.15) is 18.9 Å². The molecule has 0 saturated heterocycles. The number of benzene rings is 2. The van der Waals surface area contributed by atoms with Crippen LogP contribution in [0.4, 0.5) is 0 Å². The van der Waals surface area contributed by atoms with Crippen molar-refractivity contribution in [2.75, 3.05) is 26.2 Å². The molecule has 0 N–H and O–H groups in total. The summed E-state index contributed by atoms with van der Waals surface area (Å²) in [5.41, 5.74) is 2.58. The molecule has 34 heavy (non-hydrogen) atoms. The number of aryl methyl sites for hydroxylation is 1. The molecule has 2 aromatic carbocycles. The number of fused-ring (bicyclic) bond motifs is 1. The van der Waals surface area contributed by atoms with Crippen molar-refractivity contribution in [3.05, 3.63) is 99.2 Å². The Balaban J connectivity index is 1.53. The molecule has 0 aliphatic carbocycles. The van der Waals surface area contributed by atoms with E-state index in [1.54, 1.807) is 40.5 Å². The van der Waals surface area contributed by atoms with Crippen LogP contribution in [0.1, 0.15) is 32.4 Å². The van der Waals surface area contributed by atoms with E-state index in [0.29, 0.717) is 36.0 Å². The highest BCUT2D eigenvalue weighted by Gasteiger charge is 2.33. The SMILES string of the molecule is C=CCN(CC(=O)N1CCc2sccc2[C@@H]1COc1ccc(Cl)cc1)C(=O)c1ccccc1C. The quantitative estimate of drug-likeness (QED) is 0.386. The van der Waals surface area contributed by atoms with E-state index in [2.05, 4.69) is 18.0 Å². The number of halogens is 1. The normalized spacial score (nSPS) is 14.9. The average molecular weight is 495 g/mol. The molecule has 1 aliphatic heterocycles. The molecule has 0 radical (unpaired) electrons. The number of thiophene rings is 1. The van der Waals surface area contributed by atoms with Gasteiger partial charge in [-0.2, -0.15) is 0 Å². The van der Waals surface area contributed by atoms with Crippen LogP contribution in [0.15, 0.2) is 72.6 Å². The Kier molecular flexibility index (Phi) is 7.70. The molecule has 0 bridgehead atoms. The molecule has 0 fully saturated rings. The third-order valence-corrected chi connectivity index (χ3v) is 7.22. The molecule has 176 valence electrons. The standard InChI is InChI=1S/C27H27ClN2O3S/c1-3-14-29(27(32)22-7-5-4-6-19(22)2)17-26(31)30-15-12-25-23(13-16-34-25)24(30)18-33-21-10-8-20(28)9-11-21/h3-11,13,16,24H,1,12,14-15,17-18H2,2H3/t24-/m0/s1. The summed E-state index contributed by atoms with van der Waals surface area (Å²) in [4.78, 5) is 31.4. The van der Waals surface area contributed by atoms with Gasteiger partial charge in [0.05, 0.1) is 6.04 Å². The molecular formula is C27H27ClN2O3S. The second-order valence-corrected chi connectivity index (χ2v) is 9.64. The average Bonchev–Trinajstić information content (AvgIpc) is 3.32. The van der Waals surface area contributed by atoms with Gasteiger partial charge in [-0.05, 0) is 66.2 Å². The maximum absolute atomic E-state index is 13.5. The molecule has 0 saturated carbocycles. The molecule has 2 amide bonds. The minimum atomic E-state index is -0.225. The van der Waals surface area contributed by atoms with Crippen LogP contribution in [0, 0.1) is 6.92 Å². The number of hydrogen-bond acceptors (Lipinski definition) is 4. The van der Waals surface area contributed by atoms with E-state index in [-0.39, 0.29) is 24.4 Å². The van der Waals surface area contributed by atoms with Gasteiger partial charge in [-0.3, -0.25) is 9.59 Å². The van der Waals surface area contributed by atoms with Crippen molar-refractivity contribution in [2.45, 2.75) is 19.4 Å². The van der Waals surface area contributed by atoms with E-state index in [0.717, 1.165) is 17.5 Å². The summed E-state index contributed by atoms with van der Waals surface area (Å²) in [5.74, 6) is 0.418. The summed E-state index contributed by atoms with van der Waals surface area (Å²) in [6, 6.07) is 16.5. The van der Waals surface area contributed by atoms with Crippen LogP contribution in [0.5, 0.6) is 5.75 Å². The van der Waals surface area contributed by atoms with Crippen LogP contribution in [0.2, 0.25) is 5.02 Å². The minimum Gasteiger partial charge on any atom is -0.491 e. The van der Waals surface area contributed by atoms with Gasteiger partial charge in [0.25, 0.3) is 5.91 Å². The zero-order chi connectivity index (χ0) is 24.1. The molecule has 1 atom stereocenters. The fraction of sp³-hybridized carbons (Fsp3) is 0.259. The third kappa shape index (κ3) is 5.34. The maximum atomic E-state index is 13.5. The Morgan fingerprint density at radius 2 is 1.97 bits per heavy atom. The van der Waals surface area contributed by atoms with Gasteiger partial charge >= 0.3 is 0 Å². The molecule has 1 aromatic heterocycles. The van der Waals surface area contributed by atoms with Gasteiger partial charge in [0.2, 0.25) is 5.91 Å². The summed E-state index contributed by atoms with van der Waals surface area (Å²) < 4.78 is 6.05. The van der Waals surface area contributed by atoms with Crippen molar-refractivity contribution in [2.24, 2.45) is 0 Å². The predicted molar refractivity (Wildman–Crippen MR) is 137 cm³/mol. The van der Waals surface area contributed by atoms with E-state index < -0.39 is 0 Å². The molecule has 7 heteroatoms. The summed E-state index contributed by atoms with van der Waals surface area (Å²) in [6.45, 7) is 6.86. The summed E-state index contributed by atoms with van der Waals surface area (Å²) in [5, 5.41) is 2.70. The van der Waals surface area contributed by atoms with Crippen molar-refractivity contribution >= 4 is 34.8 Å². The Labute approximate surface area is 209 Å². The van der Waals surface area contributed by atoms with E-state index in [4.69, 9.17) is 16.3 Å². The van der Waals surface area contributed by atoms with Crippen molar-refractivity contribution in [1.29, 1.82) is 0 Å². The number of rotatable bonds is 8. The molecular weight excluding hydrogens is 468 g/mol. The van der Waals surface area contributed by atoms with Gasteiger partial charge in [-0.1, -0.05) is 35.9 Å². The number of amides is 2. The van der Waals surface area contributed by atoms with Crippen LogP contribution in [-0.4, -0.2) is 47.9 Å². The molecule has 4 rings (SSSR count). The Hall–Kier alpha value is -3.09. The van der Waals surface area contributed by atoms with Crippen molar-refractivity contribution in [1.82, 2.24) is 9.80 Å². The van der Waals surface area contributed by atoms with Crippen LogP contribution in [0.3, 0.4) is 0 Å². The first-order chi connectivity index (χ1) is 16.5. The third-order valence-electron chi connectivity index (χ3n) is 5.98. The smallest absolute Gasteiger partial charge is 0.254 e. The van der Waals surface area contributed by atoms with Crippen molar-refractivity contribution in [3.63, 3.8) is 0 Å². The second kappa shape index (κ2) is 10.9. The molecule has 5 nitrogen and oxygen atoms in total. The van der Waals surface area contributed by atoms with E-state index >= 15 is 0 Å². The second-order valence-electron chi connectivity index (χ2n) is 8.21. The zero-order valence-electron chi connectivity index (χ0n) is 19.1. The first-order valence-electron chi connectivity index (χ1n) is 11.2. The highest BCUT2D eigenvalue weighted by Crippen LogP contribution is 2.34. The molecule has 0 unspecified atom stereocenters. The van der Waals surface area contributed by atoms with Crippen LogP contribution in [0.25, 0.3) is 0 Å². The lowest BCUT2D eigenvalue weighted by molar-refractivity contribution is -0.135. The van der Waals surface area contributed by atoms with Crippen LogP contribution < -0.4 is 4.74 Å². The summed E-state index contributed by atoms with van der Waals surface area (Å²) >= 11 is 7.69. The topological polar surface area (TPSA) is 49.9 Å². The van der Waals surface area contributed by atoms with Gasteiger partial charge in [-0.25, -0.2) is 0 Å². The van der Waals surface area contributed by atoms with Crippen LogP contribution in [-0.2, 0) is 11.2 Å². The Morgan fingerprint density at radius 3 is 2.71 bits per heavy atom. The lowest BCUT2D eigenvalue weighted by Gasteiger charge is -2.37. The van der Waals surface area contributed by atoms with Crippen LogP contribution >= 0.6 is 22.9 Å². The fourth-order valence-electron chi connectivity index (χ4n) is 4.19. The number of carbonyl (C=O) groups is 2. The molecule has 0 spiro atoms. The Bertz CT molecular complexity index is 1170. The monoisotopic (exact) mass is 494 g/mol. The first kappa shape index (κ1) is 24.0. The van der Waals surface area contributed by atoms with E-state index in [1.807, 2.05) is 42.2 Å². The first-order valence-corrected chi connectivity index (χ1v) is 12.4. The van der Waals surface area contributed by atoms with E-state index in [9.17, 15) is 9.59 Å². The largest absolute Gasteiger partial charge is 0.491 e. The highest BCUT2D eigenvalue weighted by molar-refractivity contribution is 7.10. The van der Waals surface area contributed by atoms with Gasteiger partial charge in [-0.15, -0.1) is 17.9 Å². The van der Waals surface area contributed by atoms with Gasteiger partial charge in [0, 0.05) is 28.6 Å². The lowest BCUT2D eigenvalue weighted by Crippen LogP contribution is -2.48. The molecule has 1 aliphatic rings. The van der Waals surface area contributed by atoms with Crippen molar-refractivity contribution < 1.29 is 14.3 Å². The van der Waals surface area contributed by atoms with E-state index in [1.165, 1.54) is 4.88 Å². The minimum absolute atomic E-state index is 0.0178. The summed E-state index contributed by atoms with van der Waals surface area (Å²) in [6.07, 6.45) is 2.45. The number of hydrogen-bond donors (Lipinski definition) is 0. The number of ether oxygens (including phenoxy) is 1. The number of nitrogens with zero attached hydrogens (tertiary/aromatic N) is 2. The molecule has 2 heterocycles. The predicted octanol–water partition coefficient (Wildman–Crippen LogP) is 5.54.